The van der Waals surface area contributed by atoms with Crippen LogP contribution in [0.4, 0.5) is 0 Å². The summed E-state index contributed by atoms with van der Waals surface area (Å²) in [5.74, 6) is 0.402. The Kier molecular flexibility index (Phi) is 3.86. The van der Waals surface area contributed by atoms with Crippen molar-refractivity contribution in [2.45, 2.75) is 31.6 Å². The summed E-state index contributed by atoms with van der Waals surface area (Å²) < 4.78 is 24.9. The van der Waals surface area contributed by atoms with Crippen LogP contribution in [0.1, 0.15) is 32.3 Å². The van der Waals surface area contributed by atoms with E-state index in [1.165, 1.54) is 0 Å². The number of hydrogen-bond donors (Lipinski definition) is 0. The molecule has 0 spiro atoms. The van der Waals surface area contributed by atoms with Crippen molar-refractivity contribution in [1.82, 2.24) is 0 Å². The van der Waals surface area contributed by atoms with Gasteiger partial charge in [-0.25, -0.2) is 0 Å². The van der Waals surface area contributed by atoms with Crippen molar-refractivity contribution in [2.75, 3.05) is 6.54 Å². The highest BCUT2D eigenvalue weighted by Crippen LogP contribution is 2.18. The minimum absolute atomic E-state index is 0.300. The normalized spacial score (nSPS) is 11.8. The Hall–Kier alpha value is -1.16. The highest BCUT2D eigenvalue weighted by molar-refractivity contribution is 7.85. The van der Waals surface area contributed by atoms with Crippen LogP contribution in [0, 0.1) is 0 Å². The standard InChI is InChI=1S/C12H18NO2S/c1-5-13(4)16(14,15)12-8-6-11(7-9-12)10(2)3/h6-10H,4-5H2,1-3H3/q+1. The van der Waals surface area contributed by atoms with Gasteiger partial charge >= 0.3 is 10.0 Å². The van der Waals surface area contributed by atoms with Crippen molar-refractivity contribution in [3.05, 3.63) is 29.8 Å². The van der Waals surface area contributed by atoms with Gasteiger partial charge in [-0.05, 0) is 30.5 Å². The average molecular weight is 240 g/mol. The summed E-state index contributed by atoms with van der Waals surface area (Å²) in [6.07, 6.45) is 0. The number of rotatable bonds is 4. The first-order chi connectivity index (χ1) is 7.39. The molecule has 0 bridgehead atoms. The van der Waals surface area contributed by atoms with Gasteiger partial charge in [-0.1, -0.05) is 26.0 Å². The van der Waals surface area contributed by atoms with Gasteiger partial charge in [0.25, 0.3) is 0 Å². The van der Waals surface area contributed by atoms with Gasteiger partial charge in [-0.3, -0.25) is 0 Å². The van der Waals surface area contributed by atoms with Gasteiger partial charge in [0.2, 0.25) is 0 Å². The number of benzene rings is 1. The second-order valence-electron chi connectivity index (χ2n) is 4.00. The van der Waals surface area contributed by atoms with Crippen molar-refractivity contribution in [1.29, 1.82) is 0 Å². The van der Waals surface area contributed by atoms with Gasteiger partial charge in [0.1, 0.15) is 11.6 Å². The largest absolute Gasteiger partial charge is 0.394 e. The molecule has 0 atom stereocenters. The van der Waals surface area contributed by atoms with Gasteiger partial charge in [0.05, 0.1) is 0 Å². The minimum Gasteiger partial charge on any atom is -0.159 e. The second-order valence-corrected chi connectivity index (χ2v) is 5.93. The van der Waals surface area contributed by atoms with E-state index in [2.05, 4.69) is 20.6 Å². The maximum absolute atomic E-state index is 11.9. The highest BCUT2D eigenvalue weighted by atomic mass is 32.2. The SMILES string of the molecule is C=[N+](CC)S(=O)(=O)c1ccc(C(C)C)cc1. The molecule has 0 unspecified atom stereocenters. The van der Waals surface area contributed by atoms with Crippen LogP contribution in [0.25, 0.3) is 0 Å². The fourth-order valence-electron chi connectivity index (χ4n) is 1.34. The third-order valence-electron chi connectivity index (χ3n) is 2.54. The van der Waals surface area contributed by atoms with E-state index >= 15 is 0 Å². The molecule has 0 amide bonds. The Morgan fingerprint density at radius 3 is 2.12 bits per heavy atom. The van der Waals surface area contributed by atoms with E-state index in [1.54, 1.807) is 19.1 Å². The summed E-state index contributed by atoms with van der Waals surface area (Å²) >= 11 is 0. The predicted molar refractivity (Wildman–Crippen MR) is 65.6 cm³/mol. The van der Waals surface area contributed by atoms with Crippen LogP contribution in [-0.2, 0) is 10.0 Å². The topological polar surface area (TPSA) is 37.1 Å². The zero-order valence-corrected chi connectivity index (χ0v) is 10.8. The summed E-state index contributed by atoms with van der Waals surface area (Å²) in [5, 5.41) is 0. The van der Waals surface area contributed by atoms with Crippen molar-refractivity contribution < 1.29 is 12.4 Å². The molecule has 1 rings (SSSR count). The zero-order valence-electron chi connectivity index (χ0n) is 9.97. The summed E-state index contributed by atoms with van der Waals surface area (Å²) in [6, 6.07) is 6.97. The quantitative estimate of drug-likeness (QED) is 0.598. The van der Waals surface area contributed by atoms with Crippen LogP contribution < -0.4 is 0 Å². The first kappa shape index (κ1) is 12.9. The molecule has 0 fully saturated rings. The summed E-state index contributed by atoms with van der Waals surface area (Å²) in [5.41, 5.74) is 1.13. The van der Waals surface area contributed by atoms with Gasteiger partial charge in [0.15, 0.2) is 6.54 Å². The Balaban J connectivity index is 3.12. The van der Waals surface area contributed by atoms with E-state index < -0.39 is 10.0 Å². The molecule has 0 aliphatic carbocycles. The molecule has 4 heteroatoms. The third-order valence-corrected chi connectivity index (χ3v) is 4.34. The summed E-state index contributed by atoms with van der Waals surface area (Å²) in [7, 11) is -3.41. The molecule has 3 nitrogen and oxygen atoms in total. The van der Waals surface area contributed by atoms with E-state index in [9.17, 15) is 8.42 Å². The molecule has 0 heterocycles. The van der Waals surface area contributed by atoms with Gasteiger partial charge in [-0.2, -0.15) is 8.42 Å². The summed E-state index contributed by atoms with van der Waals surface area (Å²) in [4.78, 5) is 0.300. The van der Waals surface area contributed by atoms with E-state index in [0.717, 1.165) is 9.54 Å². The number of nitrogens with zero attached hydrogens (tertiary/aromatic N) is 1. The fourth-order valence-corrected chi connectivity index (χ4v) is 2.46. The molecule has 1 aromatic rings. The Morgan fingerprint density at radius 2 is 1.75 bits per heavy atom. The Morgan fingerprint density at radius 1 is 1.25 bits per heavy atom. The van der Waals surface area contributed by atoms with Crippen molar-refractivity contribution in [2.24, 2.45) is 0 Å². The Labute approximate surface area is 97.5 Å². The molecular formula is C12H18NO2S+. The summed E-state index contributed by atoms with van der Waals surface area (Å²) in [6.45, 7) is 9.78. The van der Waals surface area contributed by atoms with E-state index in [1.807, 2.05) is 12.1 Å². The average Bonchev–Trinajstić information content (AvgIpc) is 2.28. The van der Waals surface area contributed by atoms with Crippen LogP contribution in [0.15, 0.2) is 29.2 Å². The minimum atomic E-state index is -3.41. The van der Waals surface area contributed by atoms with Crippen LogP contribution >= 0.6 is 0 Å². The molecule has 0 saturated carbocycles. The van der Waals surface area contributed by atoms with Crippen molar-refractivity contribution in [3.8, 4) is 0 Å². The van der Waals surface area contributed by atoms with Crippen LogP contribution in [0.5, 0.6) is 0 Å². The molecule has 1 aromatic carbocycles. The third kappa shape index (κ3) is 2.50. The molecule has 0 saturated heterocycles. The monoisotopic (exact) mass is 240 g/mol. The predicted octanol–water partition coefficient (Wildman–Crippen LogP) is 2.23. The van der Waals surface area contributed by atoms with Gasteiger partial charge in [-0.15, -0.1) is 3.98 Å². The molecule has 16 heavy (non-hydrogen) atoms. The van der Waals surface area contributed by atoms with E-state index in [-0.39, 0.29) is 0 Å². The lowest BCUT2D eigenvalue weighted by Crippen LogP contribution is -2.19. The van der Waals surface area contributed by atoms with Crippen LogP contribution in [-0.4, -0.2) is 25.7 Å². The van der Waals surface area contributed by atoms with E-state index in [4.69, 9.17) is 0 Å². The molecule has 0 aliphatic heterocycles. The first-order valence-corrected chi connectivity index (χ1v) is 6.76. The second kappa shape index (κ2) is 4.78. The van der Waals surface area contributed by atoms with Gasteiger partial charge in [0, 0.05) is 0 Å². The van der Waals surface area contributed by atoms with Crippen LogP contribution in [0.3, 0.4) is 0 Å². The molecule has 0 aromatic heterocycles. The maximum atomic E-state index is 11.9. The molecule has 0 N–H and O–H groups in total. The van der Waals surface area contributed by atoms with Gasteiger partial charge < -0.3 is 0 Å². The number of sulfonamides is 1. The molecular weight excluding hydrogens is 222 g/mol. The maximum Gasteiger partial charge on any atom is 0.394 e. The number of hydrogen-bond acceptors (Lipinski definition) is 2. The smallest absolute Gasteiger partial charge is 0.159 e. The lowest BCUT2D eigenvalue weighted by atomic mass is 10.0. The lowest BCUT2D eigenvalue weighted by Gasteiger charge is -2.05. The molecule has 88 valence electrons. The van der Waals surface area contributed by atoms with Crippen LogP contribution in [0.2, 0.25) is 0 Å². The van der Waals surface area contributed by atoms with Crippen molar-refractivity contribution in [3.63, 3.8) is 0 Å². The highest BCUT2D eigenvalue weighted by Gasteiger charge is 2.23. The lowest BCUT2D eigenvalue weighted by molar-refractivity contribution is -0.350. The van der Waals surface area contributed by atoms with Crippen molar-refractivity contribution >= 4 is 16.7 Å². The molecule has 0 aliphatic rings. The molecule has 0 radical (unpaired) electrons. The fraction of sp³-hybridized carbons (Fsp3) is 0.417. The zero-order chi connectivity index (χ0) is 12.3. The first-order valence-electron chi connectivity index (χ1n) is 5.32. The van der Waals surface area contributed by atoms with E-state index in [0.29, 0.717) is 17.4 Å². The Bertz CT molecular complexity index is 472.